The van der Waals surface area contributed by atoms with Crippen LogP contribution in [-0.4, -0.2) is 36.4 Å². The molecule has 1 N–H and O–H groups in total. The molecular weight excluding hydrogens is 240 g/mol. The van der Waals surface area contributed by atoms with Gasteiger partial charge < -0.3 is 14.7 Å². The number of aliphatic hydroxyl groups is 1. The highest BCUT2D eigenvalue weighted by molar-refractivity contribution is 6.33. The summed E-state index contributed by atoms with van der Waals surface area (Å²) in [5.41, 5.74) is 0.735. The molecule has 0 atom stereocenters. The number of pyridine rings is 1. The van der Waals surface area contributed by atoms with Crippen molar-refractivity contribution in [2.45, 2.75) is 25.5 Å². The molecule has 1 aliphatic heterocycles. The highest BCUT2D eigenvalue weighted by atomic mass is 35.5. The van der Waals surface area contributed by atoms with Gasteiger partial charge in [0.05, 0.1) is 11.6 Å². The second kappa shape index (κ2) is 5.67. The SMILES string of the molecule is CN(c1ncc(CO)cc1Cl)C1CCOCC1. The van der Waals surface area contributed by atoms with E-state index in [4.69, 9.17) is 21.4 Å². The smallest absolute Gasteiger partial charge is 0.147 e. The molecule has 0 spiro atoms. The Morgan fingerprint density at radius 2 is 2.24 bits per heavy atom. The monoisotopic (exact) mass is 256 g/mol. The van der Waals surface area contributed by atoms with Gasteiger partial charge in [-0.05, 0) is 24.5 Å². The Balaban J connectivity index is 2.15. The van der Waals surface area contributed by atoms with E-state index in [1.807, 2.05) is 7.05 Å². The Morgan fingerprint density at radius 3 is 2.82 bits per heavy atom. The van der Waals surface area contributed by atoms with Crippen LogP contribution in [0.5, 0.6) is 0 Å². The third-order valence-electron chi connectivity index (χ3n) is 3.13. The lowest BCUT2D eigenvalue weighted by atomic mass is 10.1. The van der Waals surface area contributed by atoms with Gasteiger partial charge in [-0.2, -0.15) is 0 Å². The Bertz CT molecular complexity index is 381. The maximum absolute atomic E-state index is 9.01. The van der Waals surface area contributed by atoms with E-state index in [0.717, 1.165) is 37.4 Å². The first-order valence-corrected chi connectivity index (χ1v) is 6.16. The van der Waals surface area contributed by atoms with Gasteiger partial charge in [-0.3, -0.25) is 0 Å². The number of anilines is 1. The Hall–Kier alpha value is -0.840. The highest BCUT2D eigenvalue weighted by Crippen LogP contribution is 2.27. The summed E-state index contributed by atoms with van der Waals surface area (Å²) in [5.74, 6) is 0.774. The third-order valence-corrected chi connectivity index (χ3v) is 3.41. The van der Waals surface area contributed by atoms with Crippen LogP contribution in [0, 0.1) is 0 Å². The molecule has 1 aromatic rings. The molecule has 0 unspecified atom stereocenters. The molecule has 1 saturated heterocycles. The largest absolute Gasteiger partial charge is 0.392 e. The highest BCUT2D eigenvalue weighted by Gasteiger charge is 2.21. The molecule has 0 aromatic carbocycles. The van der Waals surface area contributed by atoms with Gasteiger partial charge in [0, 0.05) is 32.5 Å². The fourth-order valence-corrected chi connectivity index (χ4v) is 2.38. The molecule has 0 radical (unpaired) electrons. The van der Waals surface area contributed by atoms with Crippen LogP contribution in [0.15, 0.2) is 12.3 Å². The van der Waals surface area contributed by atoms with Gasteiger partial charge in [0.25, 0.3) is 0 Å². The maximum atomic E-state index is 9.01. The van der Waals surface area contributed by atoms with Crippen LogP contribution in [0.4, 0.5) is 5.82 Å². The van der Waals surface area contributed by atoms with Gasteiger partial charge in [-0.1, -0.05) is 11.6 Å². The summed E-state index contributed by atoms with van der Waals surface area (Å²) in [6.45, 7) is 1.55. The van der Waals surface area contributed by atoms with E-state index < -0.39 is 0 Å². The zero-order valence-electron chi connectivity index (χ0n) is 9.90. The van der Waals surface area contributed by atoms with Crippen molar-refractivity contribution in [3.05, 3.63) is 22.8 Å². The average molecular weight is 257 g/mol. The summed E-state index contributed by atoms with van der Waals surface area (Å²) < 4.78 is 5.34. The molecule has 2 heterocycles. The first-order valence-electron chi connectivity index (χ1n) is 5.78. The lowest BCUT2D eigenvalue weighted by molar-refractivity contribution is 0.0853. The van der Waals surface area contributed by atoms with Crippen molar-refractivity contribution in [1.29, 1.82) is 0 Å². The fraction of sp³-hybridized carbons (Fsp3) is 0.583. The minimum Gasteiger partial charge on any atom is -0.392 e. The topological polar surface area (TPSA) is 45.6 Å². The number of aromatic nitrogens is 1. The molecule has 0 bridgehead atoms. The maximum Gasteiger partial charge on any atom is 0.147 e. The zero-order valence-corrected chi connectivity index (χ0v) is 10.7. The summed E-state index contributed by atoms with van der Waals surface area (Å²) in [7, 11) is 2.00. The summed E-state index contributed by atoms with van der Waals surface area (Å²) in [5, 5.41) is 9.60. The normalized spacial score (nSPS) is 17.1. The summed E-state index contributed by atoms with van der Waals surface area (Å²) in [6.07, 6.45) is 3.66. The molecule has 1 aliphatic rings. The van der Waals surface area contributed by atoms with Crippen LogP contribution in [0.25, 0.3) is 0 Å². The number of halogens is 1. The molecular formula is C12H17ClN2O2. The quantitative estimate of drug-likeness (QED) is 0.897. The van der Waals surface area contributed by atoms with Crippen LogP contribution in [0.2, 0.25) is 5.02 Å². The van der Waals surface area contributed by atoms with Crippen molar-refractivity contribution in [2.75, 3.05) is 25.2 Å². The molecule has 1 aromatic heterocycles. The lowest BCUT2D eigenvalue weighted by Gasteiger charge is -2.32. The van der Waals surface area contributed by atoms with Crippen molar-refractivity contribution in [2.24, 2.45) is 0 Å². The Morgan fingerprint density at radius 1 is 1.53 bits per heavy atom. The Labute approximate surface area is 106 Å². The van der Waals surface area contributed by atoms with E-state index >= 15 is 0 Å². The van der Waals surface area contributed by atoms with Crippen LogP contribution in [0.1, 0.15) is 18.4 Å². The van der Waals surface area contributed by atoms with Gasteiger partial charge in [0.15, 0.2) is 0 Å². The molecule has 4 nitrogen and oxygen atoms in total. The zero-order chi connectivity index (χ0) is 12.3. The van der Waals surface area contributed by atoms with Gasteiger partial charge in [-0.25, -0.2) is 4.98 Å². The van der Waals surface area contributed by atoms with Crippen LogP contribution < -0.4 is 4.90 Å². The second-order valence-electron chi connectivity index (χ2n) is 4.26. The van der Waals surface area contributed by atoms with E-state index in [0.29, 0.717) is 11.1 Å². The number of rotatable bonds is 3. The second-order valence-corrected chi connectivity index (χ2v) is 4.67. The van der Waals surface area contributed by atoms with E-state index in [9.17, 15) is 0 Å². The number of ether oxygens (including phenoxy) is 1. The molecule has 0 saturated carbocycles. The third kappa shape index (κ3) is 2.89. The molecule has 5 heteroatoms. The molecule has 94 valence electrons. The minimum atomic E-state index is -0.0337. The Kier molecular flexibility index (Phi) is 4.20. The molecule has 2 rings (SSSR count). The predicted molar refractivity (Wildman–Crippen MR) is 67.4 cm³/mol. The lowest BCUT2D eigenvalue weighted by Crippen LogP contribution is -2.37. The van der Waals surface area contributed by atoms with E-state index in [-0.39, 0.29) is 6.61 Å². The van der Waals surface area contributed by atoms with E-state index in [1.54, 1.807) is 12.3 Å². The number of nitrogens with zero attached hydrogens (tertiary/aromatic N) is 2. The van der Waals surface area contributed by atoms with E-state index in [1.165, 1.54) is 0 Å². The van der Waals surface area contributed by atoms with Crippen LogP contribution in [-0.2, 0) is 11.3 Å². The fourth-order valence-electron chi connectivity index (χ4n) is 2.06. The van der Waals surface area contributed by atoms with Crippen molar-refractivity contribution in [3.63, 3.8) is 0 Å². The van der Waals surface area contributed by atoms with Crippen molar-refractivity contribution >= 4 is 17.4 Å². The van der Waals surface area contributed by atoms with Crippen molar-refractivity contribution < 1.29 is 9.84 Å². The van der Waals surface area contributed by atoms with Gasteiger partial charge in [0.1, 0.15) is 5.82 Å². The molecule has 1 fully saturated rings. The van der Waals surface area contributed by atoms with Gasteiger partial charge >= 0.3 is 0 Å². The van der Waals surface area contributed by atoms with Gasteiger partial charge in [0.2, 0.25) is 0 Å². The van der Waals surface area contributed by atoms with Gasteiger partial charge in [-0.15, -0.1) is 0 Å². The van der Waals surface area contributed by atoms with Crippen molar-refractivity contribution in [1.82, 2.24) is 4.98 Å². The van der Waals surface area contributed by atoms with Crippen LogP contribution in [0.3, 0.4) is 0 Å². The number of aliphatic hydroxyl groups excluding tert-OH is 1. The van der Waals surface area contributed by atoms with Crippen molar-refractivity contribution in [3.8, 4) is 0 Å². The molecule has 17 heavy (non-hydrogen) atoms. The predicted octanol–water partition coefficient (Wildman–Crippen LogP) is 1.84. The summed E-state index contributed by atoms with van der Waals surface area (Å²) >= 11 is 6.18. The van der Waals surface area contributed by atoms with E-state index in [2.05, 4.69) is 9.88 Å². The summed E-state index contributed by atoms with van der Waals surface area (Å²) in [4.78, 5) is 6.42. The average Bonchev–Trinajstić information content (AvgIpc) is 2.39. The standard InChI is InChI=1S/C12H17ClN2O2/c1-15(10-2-4-17-5-3-10)12-11(13)6-9(8-16)7-14-12/h6-7,10,16H,2-5,8H2,1H3. The summed E-state index contributed by atoms with van der Waals surface area (Å²) in [6, 6.07) is 2.19. The number of hydrogen-bond donors (Lipinski definition) is 1. The molecule has 0 amide bonds. The number of hydrogen-bond acceptors (Lipinski definition) is 4. The first-order chi connectivity index (χ1) is 8.22. The minimum absolute atomic E-state index is 0.0337. The van der Waals surface area contributed by atoms with Crippen LogP contribution >= 0.6 is 11.6 Å². The first kappa shape index (κ1) is 12.6. The molecule has 0 aliphatic carbocycles.